The Labute approximate surface area is 56.8 Å². The van der Waals surface area contributed by atoms with E-state index in [0.717, 1.165) is 12.7 Å². The second kappa shape index (κ2) is 4.30. The molecule has 1 heteroatoms. The summed E-state index contributed by atoms with van der Waals surface area (Å²) in [5.74, 6) is 0.642. The number of carbonyl (C=O) groups is 1. The van der Waals surface area contributed by atoms with Crippen molar-refractivity contribution in [1.29, 1.82) is 0 Å². The zero-order chi connectivity index (χ0) is 7.28. The number of hydrogen-bond acceptors (Lipinski definition) is 1. The molecular formula is C8H14O. The fourth-order valence-corrected chi connectivity index (χ4v) is 0.738. The van der Waals surface area contributed by atoms with Gasteiger partial charge in [-0.15, -0.1) is 6.58 Å². The second-order valence-corrected chi connectivity index (χ2v) is 2.56. The van der Waals surface area contributed by atoms with Gasteiger partial charge in [0.25, 0.3) is 0 Å². The smallest absolute Gasteiger partial charge is 0.122 e. The van der Waals surface area contributed by atoms with Crippen molar-refractivity contribution in [2.24, 2.45) is 11.8 Å². The normalized spacial score (nSPS) is 16.2. The molecule has 0 aliphatic rings. The van der Waals surface area contributed by atoms with Gasteiger partial charge in [-0.2, -0.15) is 0 Å². The van der Waals surface area contributed by atoms with Crippen LogP contribution in [0.15, 0.2) is 12.7 Å². The number of rotatable bonds is 4. The molecule has 0 heterocycles. The molecular weight excluding hydrogens is 112 g/mol. The van der Waals surface area contributed by atoms with Gasteiger partial charge in [0.15, 0.2) is 0 Å². The number of carbonyl (C=O) groups excluding carboxylic acids is 1. The topological polar surface area (TPSA) is 17.1 Å². The molecule has 9 heavy (non-hydrogen) atoms. The molecule has 1 unspecified atom stereocenters. The van der Waals surface area contributed by atoms with Crippen LogP contribution in [-0.2, 0) is 4.79 Å². The molecule has 1 nitrogen and oxygen atoms in total. The van der Waals surface area contributed by atoms with Gasteiger partial charge in [0.1, 0.15) is 6.29 Å². The van der Waals surface area contributed by atoms with Crippen LogP contribution in [-0.4, -0.2) is 6.29 Å². The van der Waals surface area contributed by atoms with Crippen LogP contribution < -0.4 is 0 Å². The molecule has 52 valence electrons. The van der Waals surface area contributed by atoms with Gasteiger partial charge in [-0.3, -0.25) is 0 Å². The number of hydrogen-bond donors (Lipinski definition) is 0. The van der Waals surface area contributed by atoms with Crippen LogP contribution in [0.4, 0.5) is 0 Å². The van der Waals surface area contributed by atoms with E-state index in [1.807, 2.05) is 13.0 Å². The molecule has 0 aromatic carbocycles. The molecule has 0 aromatic rings. The summed E-state index contributed by atoms with van der Waals surface area (Å²) in [6, 6.07) is 0. The van der Waals surface area contributed by atoms with Crippen molar-refractivity contribution in [2.45, 2.75) is 20.3 Å². The number of allylic oxidation sites excluding steroid dienone is 1. The first kappa shape index (κ1) is 8.41. The van der Waals surface area contributed by atoms with E-state index in [9.17, 15) is 4.79 Å². The third kappa shape index (κ3) is 3.95. The maximum Gasteiger partial charge on any atom is 0.122 e. The first-order valence-corrected chi connectivity index (χ1v) is 3.28. The highest BCUT2D eigenvalue weighted by atomic mass is 16.1. The molecule has 0 bridgehead atoms. The highest BCUT2D eigenvalue weighted by Gasteiger charge is 2.02. The van der Waals surface area contributed by atoms with Crippen LogP contribution in [0, 0.1) is 11.8 Å². The summed E-state index contributed by atoms with van der Waals surface area (Å²) in [5, 5.41) is 0. The van der Waals surface area contributed by atoms with E-state index >= 15 is 0 Å². The second-order valence-electron chi connectivity index (χ2n) is 2.56. The van der Waals surface area contributed by atoms with Gasteiger partial charge in [-0.1, -0.05) is 19.9 Å². The largest absolute Gasteiger partial charge is 0.303 e. The summed E-state index contributed by atoms with van der Waals surface area (Å²) in [6.45, 7) is 7.62. The molecule has 2 atom stereocenters. The quantitative estimate of drug-likeness (QED) is 0.416. The monoisotopic (exact) mass is 126 g/mol. The summed E-state index contributed by atoms with van der Waals surface area (Å²) in [7, 11) is 0. The van der Waals surface area contributed by atoms with E-state index in [1.54, 1.807) is 0 Å². The maximum absolute atomic E-state index is 10.1. The molecule has 0 amide bonds. The lowest BCUT2D eigenvalue weighted by Gasteiger charge is -2.06. The Kier molecular flexibility index (Phi) is 4.02. The summed E-state index contributed by atoms with van der Waals surface area (Å²) in [5.41, 5.74) is 0. The van der Waals surface area contributed by atoms with Crippen LogP contribution in [0.5, 0.6) is 0 Å². The van der Waals surface area contributed by atoms with Crippen molar-refractivity contribution in [3.8, 4) is 0 Å². The Morgan fingerprint density at radius 2 is 2.00 bits per heavy atom. The van der Waals surface area contributed by atoms with Gasteiger partial charge < -0.3 is 4.79 Å². The lowest BCUT2D eigenvalue weighted by molar-refractivity contribution is -0.110. The first-order valence-electron chi connectivity index (χ1n) is 3.28. The summed E-state index contributed by atoms with van der Waals surface area (Å²) in [4.78, 5) is 10.1. The minimum absolute atomic E-state index is 0.179. The van der Waals surface area contributed by atoms with Crippen LogP contribution in [0.3, 0.4) is 0 Å². The minimum Gasteiger partial charge on any atom is -0.303 e. The lowest BCUT2D eigenvalue weighted by Crippen LogP contribution is -2.00. The van der Waals surface area contributed by atoms with Gasteiger partial charge in [-0.05, 0) is 12.3 Å². The molecule has 0 spiro atoms. The molecule has 0 saturated carbocycles. The molecule has 0 aliphatic heterocycles. The molecule has 0 saturated heterocycles. The Balaban J connectivity index is 3.45. The van der Waals surface area contributed by atoms with Crippen LogP contribution in [0.2, 0.25) is 0 Å². The molecule has 0 rings (SSSR count). The Bertz CT molecular complexity index is 84.7. The Hall–Kier alpha value is -0.590. The average Bonchev–Trinajstić information content (AvgIpc) is 1.87. The van der Waals surface area contributed by atoms with Crippen molar-refractivity contribution in [1.82, 2.24) is 0 Å². The van der Waals surface area contributed by atoms with Crippen LogP contribution >= 0.6 is 0 Å². The molecule has 0 aromatic heterocycles. The summed E-state index contributed by atoms with van der Waals surface area (Å²) < 4.78 is 0. The van der Waals surface area contributed by atoms with Crippen molar-refractivity contribution in [3.63, 3.8) is 0 Å². The molecule has 0 fully saturated rings. The molecule has 0 N–H and O–H groups in total. The first-order chi connectivity index (χ1) is 4.20. The zero-order valence-corrected chi connectivity index (χ0v) is 6.13. The zero-order valence-electron chi connectivity index (χ0n) is 6.13. The third-order valence-electron chi connectivity index (χ3n) is 1.38. The van der Waals surface area contributed by atoms with E-state index in [-0.39, 0.29) is 5.92 Å². The van der Waals surface area contributed by atoms with E-state index in [2.05, 4.69) is 13.5 Å². The van der Waals surface area contributed by atoms with Gasteiger partial charge >= 0.3 is 0 Å². The number of aldehydes is 1. The van der Waals surface area contributed by atoms with E-state index in [4.69, 9.17) is 0 Å². The SMILES string of the molecule is C=C[C@H](C)CC(C)C=O. The Morgan fingerprint density at radius 3 is 2.33 bits per heavy atom. The highest BCUT2D eigenvalue weighted by molar-refractivity contribution is 5.52. The van der Waals surface area contributed by atoms with Crippen LogP contribution in [0.1, 0.15) is 20.3 Å². The predicted molar refractivity (Wildman–Crippen MR) is 39.2 cm³/mol. The van der Waals surface area contributed by atoms with E-state index in [1.165, 1.54) is 0 Å². The van der Waals surface area contributed by atoms with Gasteiger partial charge in [0.2, 0.25) is 0 Å². The Morgan fingerprint density at radius 1 is 1.44 bits per heavy atom. The van der Waals surface area contributed by atoms with Crippen molar-refractivity contribution in [2.75, 3.05) is 0 Å². The van der Waals surface area contributed by atoms with E-state index in [0.29, 0.717) is 5.92 Å². The molecule has 0 aliphatic carbocycles. The lowest BCUT2D eigenvalue weighted by atomic mass is 9.99. The average molecular weight is 126 g/mol. The maximum atomic E-state index is 10.1. The summed E-state index contributed by atoms with van der Waals surface area (Å²) >= 11 is 0. The van der Waals surface area contributed by atoms with Crippen molar-refractivity contribution < 1.29 is 4.79 Å². The third-order valence-corrected chi connectivity index (χ3v) is 1.38. The summed E-state index contributed by atoms with van der Waals surface area (Å²) in [6.07, 6.45) is 3.78. The fraction of sp³-hybridized carbons (Fsp3) is 0.625. The van der Waals surface area contributed by atoms with E-state index < -0.39 is 0 Å². The van der Waals surface area contributed by atoms with Gasteiger partial charge in [-0.25, -0.2) is 0 Å². The standard InChI is InChI=1S/C8H14O/c1-4-7(2)5-8(3)6-9/h4,6-8H,1,5H2,2-3H3/t7-,8?/m0/s1. The minimum atomic E-state index is 0.179. The van der Waals surface area contributed by atoms with Crippen molar-refractivity contribution in [3.05, 3.63) is 12.7 Å². The molecule has 0 radical (unpaired) electrons. The van der Waals surface area contributed by atoms with Crippen molar-refractivity contribution >= 4 is 6.29 Å². The van der Waals surface area contributed by atoms with Gasteiger partial charge in [0, 0.05) is 5.92 Å². The predicted octanol–water partition coefficient (Wildman–Crippen LogP) is 2.03. The van der Waals surface area contributed by atoms with Crippen LogP contribution in [0.25, 0.3) is 0 Å². The van der Waals surface area contributed by atoms with Gasteiger partial charge in [0.05, 0.1) is 0 Å². The fourth-order valence-electron chi connectivity index (χ4n) is 0.738. The highest BCUT2D eigenvalue weighted by Crippen LogP contribution is 2.09.